The van der Waals surface area contributed by atoms with E-state index in [1.807, 2.05) is 6.26 Å². The molecule has 5 unspecified atom stereocenters. The second kappa shape index (κ2) is 14.0. The van der Waals surface area contributed by atoms with Crippen LogP contribution in [0, 0.1) is 0 Å². The van der Waals surface area contributed by atoms with E-state index < -0.39 is 54.0 Å². The van der Waals surface area contributed by atoms with Gasteiger partial charge in [-0.15, -0.1) is 0 Å². The third kappa shape index (κ3) is 9.06. The monoisotopic (exact) mass is 490 g/mol. The number of nitrogens with two attached hydrogens (primary N) is 1. The molecule has 1 aromatic rings. The second-order valence-corrected chi connectivity index (χ2v) is 8.38. The number of carbonyl (C=O) groups excluding carboxylic acids is 3. The van der Waals surface area contributed by atoms with Crippen molar-refractivity contribution in [1.82, 2.24) is 25.9 Å². The maximum Gasteiger partial charge on any atom is 0.326 e. The van der Waals surface area contributed by atoms with Gasteiger partial charge in [-0.2, -0.15) is 24.4 Å². The van der Waals surface area contributed by atoms with Gasteiger partial charge in [0, 0.05) is 24.1 Å². The number of aliphatic carboxylic acids is 1. The van der Waals surface area contributed by atoms with Crippen molar-refractivity contribution in [2.75, 3.05) is 17.8 Å². The SMILES string of the molecule is CSCCC(NC(=O)C(CS)NC(=O)C(Cc1cnc[nH]1)NC(=O)C(N)C(C)O)C(=O)O. The molecule has 180 valence electrons. The highest BCUT2D eigenvalue weighted by Crippen LogP contribution is 2.04. The van der Waals surface area contributed by atoms with Gasteiger partial charge in [0.2, 0.25) is 17.7 Å². The van der Waals surface area contributed by atoms with E-state index in [9.17, 15) is 29.4 Å². The van der Waals surface area contributed by atoms with Crippen molar-refractivity contribution in [3.05, 3.63) is 18.2 Å². The average Bonchev–Trinajstić information content (AvgIpc) is 3.26. The fourth-order valence-corrected chi connectivity index (χ4v) is 3.27. The van der Waals surface area contributed by atoms with Crippen LogP contribution < -0.4 is 21.7 Å². The minimum atomic E-state index is -1.26. The van der Waals surface area contributed by atoms with E-state index in [0.29, 0.717) is 11.4 Å². The van der Waals surface area contributed by atoms with Crippen molar-refractivity contribution in [3.8, 4) is 0 Å². The summed E-state index contributed by atoms with van der Waals surface area (Å²) in [6.45, 7) is 1.34. The van der Waals surface area contributed by atoms with Crippen molar-refractivity contribution >= 4 is 48.1 Å². The van der Waals surface area contributed by atoms with Gasteiger partial charge in [-0.25, -0.2) is 9.78 Å². The maximum absolute atomic E-state index is 12.9. The highest BCUT2D eigenvalue weighted by Gasteiger charge is 2.30. The van der Waals surface area contributed by atoms with Crippen LogP contribution in [-0.2, 0) is 25.6 Å². The average molecular weight is 491 g/mol. The first-order valence-corrected chi connectivity index (χ1v) is 11.8. The number of hydrogen-bond donors (Lipinski definition) is 8. The lowest BCUT2D eigenvalue weighted by Crippen LogP contribution is -2.59. The van der Waals surface area contributed by atoms with Crippen LogP contribution in [0.5, 0.6) is 0 Å². The molecule has 1 heterocycles. The molecule has 0 radical (unpaired) electrons. The number of aromatic amines is 1. The molecule has 32 heavy (non-hydrogen) atoms. The van der Waals surface area contributed by atoms with E-state index in [1.165, 1.54) is 31.2 Å². The Morgan fingerprint density at radius 1 is 1.16 bits per heavy atom. The maximum atomic E-state index is 12.9. The highest BCUT2D eigenvalue weighted by molar-refractivity contribution is 7.98. The number of nitrogens with zero attached hydrogens (tertiary/aromatic N) is 1. The van der Waals surface area contributed by atoms with Crippen molar-refractivity contribution < 1.29 is 29.4 Å². The molecule has 0 saturated heterocycles. The molecule has 0 spiro atoms. The molecule has 0 aromatic carbocycles. The summed E-state index contributed by atoms with van der Waals surface area (Å²) in [5.74, 6) is -2.95. The third-order valence-electron chi connectivity index (χ3n) is 4.48. The van der Waals surface area contributed by atoms with Crippen LogP contribution in [0.4, 0.5) is 0 Å². The Bertz CT molecular complexity index is 763. The quantitative estimate of drug-likeness (QED) is 0.134. The number of rotatable bonds is 14. The molecule has 0 aliphatic carbocycles. The Kier molecular flexibility index (Phi) is 12.1. The first-order valence-electron chi connectivity index (χ1n) is 9.75. The summed E-state index contributed by atoms with van der Waals surface area (Å²) < 4.78 is 0. The summed E-state index contributed by atoms with van der Waals surface area (Å²) in [5, 5.41) is 26.1. The minimum absolute atomic E-state index is 0.0104. The van der Waals surface area contributed by atoms with E-state index in [0.717, 1.165) is 0 Å². The lowest BCUT2D eigenvalue weighted by molar-refractivity contribution is -0.142. The molecule has 0 fully saturated rings. The number of carboxylic acid groups (broad SMARTS) is 1. The zero-order valence-electron chi connectivity index (χ0n) is 17.8. The van der Waals surface area contributed by atoms with Crippen LogP contribution in [0.25, 0.3) is 0 Å². The lowest BCUT2D eigenvalue weighted by Gasteiger charge is -2.24. The van der Waals surface area contributed by atoms with Gasteiger partial charge in [0.25, 0.3) is 0 Å². The standard InChI is InChI=1S/C18H30N6O6S2/c1-9(25)14(19)17(28)23-12(5-10-6-20-8-21-10)15(26)24-13(7-31)16(27)22-11(18(29)30)3-4-32-2/h6,8-9,11-14,25,31H,3-5,7,19H2,1-2H3,(H,20,21)(H,22,27)(H,23,28)(H,24,26)(H,29,30). The molecule has 1 aromatic heterocycles. The molecule has 12 nitrogen and oxygen atoms in total. The Morgan fingerprint density at radius 2 is 1.75 bits per heavy atom. The lowest BCUT2D eigenvalue weighted by atomic mass is 10.1. The molecule has 5 atom stereocenters. The minimum Gasteiger partial charge on any atom is -0.480 e. The number of thioether (sulfide) groups is 1. The largest absolute Gasteiger partial charge is 0.480 e. The van der Waals surface area contributed by atoms with Gasteiger partial charge >= 0.3 is 5.97 Å². The van der Waals surface area contributed by atoms with Crippen LogP contribution in [-0.4, -0.2) is 91.9 Å². The number of carbonyl (C=O) groups is 4. The van der Waals surface area contributed by atoms with Gasteiger partial charge in [0.1, 0.15) is 24.2 Å². The summed E-state index contributed by atoms with van der Waals surface area (Å²) in [5.41, 5.74) is 6.17. The fourth-order valence-electron chi connectivity index (χ4n) is 2.54. The molecule has 0 aliphatic rings. The normalized spacial score (nSPS) is 15.7. The van der Waals surface area contributed by atoms with Crippen LogP contribution in [0.1, 0.15) is 19.0 Å². The number of carboxylic acids is 1. The Morgan fingerprint density at radius 3 is 2.25 bits per heavy atom. The highest BCUT2D eigenvalue weighted by atomic mass is 32.2. The van der Waals surface area contributed by atoms with E-state index in [2.05, 4.69) is 38.5 Å². The molecule has 14 heteroatoms. The molecular weight excluding hydrogens is 460 g/mol. The fraction of sp³-hybridized carbons (Fsp3) is 0.611. The predicted octanol–water partition coefficient (Wildman–Crippen LogP) is -2.12. The first kappa shape index (κ1) is 27.7. The van der Waals surface area contributed by atoms with Crippen molar-refractivity contribution in [1.29, 1.82) is 0 Å². The van der Waals surface area contributed by atoms with E-state index >= 15 is 0 Å². The van der Waals surface area contributed by atoms with Crippen LogP contribution >= 0.6 is 24.4 Å². The summed E-state index contributed by atoms with van der Waals surface area (Å²) in [7, 11) is 0. The van der Waals surface area contributed by atoms with E-state index in [1.54, 1.807) is 0 Å². The number of nitrogens with one attached hydrogen (secondary N) is 4. The molecule has 3 amide bonds. The number of aliphatic hydroxyl groups excluding tert-OH is 1. The van der Waals surface area contributed by atoms with Crippen molar-refractivity contribution in [3.63, 3.8) is 0 Å². The number of aromatic nitrogens is 2. The van der Waals surface area contributed by atoms with Gasteiger partial charge < -0.3 is 36.9 Å². The van der Waals surface area contributed by atoms with Crippen LogP contribution in [0.2, 0.25) is 0 Å². The predicted molar refractivity (Wildman–Crippen MR) is 122 cm³/mol. The first-order chi connectivity index (χ1) is 15.1. The number of thiol groups is 1. The number of aliphatic hydroxyl groups is 1. The third-order valence-corrected chi connectivity index (χ3v) is 5.48. The van der Waals surface area contributed by atoms with Gasteiger partial charge in [-0.3, -0.25) is 14.4 Å². The zero-order valence-corrected chi connectivity index (χ0v) is 19.5. The molecule has 1 rings (SSSR count). The van der Waals surface area contributed by atoms with Gasteiger partial charge in [-0.1, -0.05) is 0 Å². The Labute approximate surface area is 195 Å². The Balaban J connectivity index is 2.90. The number of H-pyrrole nitrogens is 1. The molecule has 8 N–H and O–H groups in total. The number of hydrogen-bond acceptors (Lipinski definition) is 9. The molecule has 0 aliphatic heterocycles. The summed E-state index contributed by atoms with van der Waals surface area (Å²) in [4.78, 5) is 55.7. The molecular formula is C18H30N6O6S2. The van der Waals surface area contributed by atoms with Crippen molar-refractivity contribution in [2.24, 2.45) is 5.73 Å². The second-order valence-electron chi connectivity index (χ2n) is 7.03. The van der Waals surface area contributed by atoms with Crippen LogP contribution in [0.3, 0.4) is 0 Å². The smallest absolute Gasteiger partial charge is 0.326 e. The molecule has 0 saturated carbocycles. The summed E-state index contributed by atoms with van der Waals surface area (Å²) >= 11 is 5.52. The van der Waals surface area contributed by atoms with Crippen molar-refractivity contribution in [2.45, 2.75) is 50.0 Å². The summed E-state index contributed by atoms with van der Waals surface area (Å²) in [6, 6.07) is -4.66. The van der Waals surface area contributed by atoms with Gasteiger partial charge in [-0.05, 0) is 25.4 Å². The molecule has 0 bridgehead atoms. The Hall–Kier alpha value is -2.29. The van der Waals surface area contributed by atoms with Crippen LogP contribution in [0.15, 0.2) is 12.5 Å². The van der Waals surface area contributed by atoms with Gasteiger partial charge in [0.15, 0.2) is 0 Å². The number of amides is 3. The van der Waals surface area contributed by atoms with E-state index in [-0.39, 0.29) is 18.6 Å². The van der Waals surface area contributed by atoms with E-state index in [4.69, 9.17) is 5.73 Å². The zero-order chi connectivity index (χ0) is 24.3. The summed E-state index contributed by atoms with van der Waals surface area (Å²) in [6.07, 6.45) is 3.76. The number of imidazole rings is 1. The van der Waals surface area contributed by atoms with Gasteiger partial charge in [0.05, 0.1) is 12.4 Å². The topological polar surface area (TPSA) is 200 Å².